The van der Waals surface area contributed by atoms with Crippen molar-refractivity contribution in [3.05, 3.63) is 87.2 Å². The van der Waals surface area contributed by atoms with Crippen LogP contribution < -0.4 is 4.90 Å². The minimum absolute atomic E-state index is 0.0868. The van der Waals surface area contributed by atoms with Gasteiger partial charge in [-0.05, 0) is 89.7 Å². The standard InChI is InChI=1S/C32H33F3IN3O4/c1-30(2,3)32(15-7-8-16-38(32)29(41)42)31(43)18-37(19-31)28(40)22-12-13-23(33)26(35)27(22)39(21-9-5-4-6-10-21)25-14-11-20(36)17-24(25)34/h4-6,9-14,17,43H,7-8,15-16,18-19H2,1-3H3,(H,41,42)/t32-/m0/s1. The van der Waals surface area contributed by atoms with Gasteiger partial charge in [0.25, 0.3) is 5.91 Å². The van der Waals surface area contributed by atoms with Crippen LogP contribution >= 0.6 is 22.6 Å². The normalized spacial score (nSPS) is 20.0. The maximum absolute atomic E-state index is 15.8. The largest absolute Gasteiger partial charge is 0.465 e. The number of likely N-dealkylation sites (tertiary alicyclic amines) is 2. The molecule has 0 spiro atoms. The van der Waals surface area contributed by atoms with E-state index >= 15 is 8.78 Å². The number of aliphatic hydroxyl groups is 1. The number of amides is 2. The highest BCUT2D eigenvalue weighted by Gasteiger charge is 2.67. The molecular formula is C32H33F3IN3O4. The number of carbonyl (C=O) groups is 2. The molecule has 2 N–H and O–H groups in total. The molecule has 0 bridgehead atoms. The molecular weight excluding hydrogens is 674 g/mol. The highest BCUT2D eigenvalue weighted by Crippen LogP contribution is 2.53. The topological polar surface area (TPSA) is 84.3 Å². The number of nitrogens with zero attached hydrogens (tertiary/aromatic N) is 3. The van der Waals surface area contributed by atoms with Crippen LogP contribution in [0.1, 0.15) is 50.4 Å². The van der Waals surface area contributed by atoms with Gasteiger partial charge in [0, 0.05) is 15.8 Å². The molecule has 0 unspecified atom stereocenters. The third kappa shape index (κ3) is 5.13. The summed E-state index contributed by atoms with van der Waals surface area (Å²) < 4.78 is 46.6. The second kappa shape index (κ2) is 11.3. The van der Waals surface area contributed by atoms with Crippen LogP contribution in [0.15, 0.2) is 60.7 Å². The van der Waals surface area contributed by atoms with Gasteiger partial charge in [-0.25, -0.2) is 18.0 Å². The Morgan fingerprint density at radius 3 is 2.23 bits per heavy atom. The summed E-state index contributed by atoms with van der Waals surface area (Å²) in [6, 6.07) is 14.5. The van der Waals surface area contributed by atoms with E-state index in [4.69, 9.17) is 0 Å². The van der Waals surface area contributed by atoms with Crippen LogP contribution in [0.2, 0.25) is 0 Å². The lowest BCUT2D eigenvalue weighted by molar-refractivity contribution is -0.217. The zero-order valence-corrected chi connectivity index (χ0v) is 26.2. The number of hydrogen-bond donors (Lipinski definition) is 2. The molecule has 2 aliphatic heterocycles. The Morgan fingerprint density at radius 1 is 0.953 bits per heavy atom. The molecule has 5 rings (SSSR count). The van der Waals surface area contributed by atoms with Crippen molar-refractivity contribution in [2.45, 2.75) is 51.2 Å². The van der Waals surface area contributed by atoms with Crippen molar-refractivity contribution in [2.24, 2.45) is 5.41 Å². The number of β-amino-alcohol motifs (C(OH)–C–C–N with tert-alkyl or cyclic N) is 1. The van der Waals surface area contributed by atoms with Crippen LogP contribution in [-0.2, 0) is 0 Å². The molecule has 2 saturated heterocycles. The van der Waals surface area contributed by atoms with Crippen molar-refractivity contribution in [3.63, 3.8) is 0 Å². The fourth-order valence-corrected chi connectivity index (χ4v) is 7.37. The van der Waals surface area contributed by atoms with Crippen LogP contribution in [0, 0.1) is 26.4 Å². The van der Waals surface area contributed by atoms with E-state index in [1.807, 2.05) is 43.4 Å². The zero-order valence-electron chi connectivity index (χ0n) is 24.1. The Morgan fingerprint density at radius 2 is 1.63 bits per heavy atom. The summed E-state index contributed by atoms with van der Waals surface area (Å²) in [6.45, 7) is 5.44. The van der Waals surface area contributed by atoms with Crippen molar-refractivity contribution in [1.29, 1.82) is 0 Å². The summed E-state index contributed by atoms with van der Waals surface area (Å²) in [7, 11) is 0. The molecule has 2 aliphatic rings. The number of anilines is 3. The fraction of sp³-hybridized carbons (Fsp3) is 0.375. The average Bonchev–Trinajstić information content (AvgIpc) is 2.94. The first kappa shape index (κ1) is 31.1. The van der Waals surface area contributed by atoms with Crippen LogP contribution in [-0.4, -0.2) is 62.8 Å². The highest BCUT2D eigenvalue weighted by atomic mass is 127. The lowest BCUT2D eigenvalue weighted by atomic mass is 9.56. The van der Waals surface area contributed by atoms with E-state index in [0.717, 1.165) is 12.1 Å². The van der Waals surface area contributed by atoms with Crippen LogP contribution in [0.25, 0.3) is 0 Å². The Hall–Kier alpha value is -3.32. The van der Waals surface area contributed by atoms with Crippen molar-refractivity contribution >= 4 is 51.7 Å². The summed E-state index contributed by atoms with van der Waals surface area (Å²) in [5.74, 6) is -3.95. The van der Waals surface area contributed by atoms with Crippen LogP contribution in [0.4, 0.5) is 35.0 Å². The van der Waals surface area contributed by atoms with E-state index in [1.54, 1.807) is 36.4 Å². The molecule has 0 radical (unpaired) electrons. The molecule has 0 saturated carbocycles. The molecule has 0 aliphatic carbocycles. The third-order valence-corrected chi connectivity index (χ3v) is 9.42. The first-order valence-electron chi connectivity index (χ1n) is 14.0. The Balaban J connectivity index is 1.58. The fourth-order valence-electron chi connectivity index (χ4n) is 6.92. The SMILES string of the molecule is CC(C)(C)[C@]1(C2(O)CN(C(=O)c3ccc(F)c(F)c3N(c3ccccc3)c3ccc(I)cc3F)C2)CCCCN1C(=O)O. The van der Waals surface area contributed by atoms with Gasteiger partial charge in [-0.1, -0.05) is 39.0 Å². The zero-order chi connectivity index (χ0) is 31.3. The lowest BCUT2D eigenvalue weighted by Crippen LogP contribution is -2.82. The highest BCUT2D eigenvalue weighted by molar-refractivity contribution is 14.1. The summed E-state index contributed by atoms with van der Waals surface area (Å²) in [4.78, 5) is 30.2. The van der Waals surface area contributed by atoms with E-state index in [-0.39, 0.29) is 30.9 Å². The first-order chi connectivity index (χ1) is 20.2. The van der Waals surface area contributed by atoms with E-state index in [0.29, 0.717) is 28.5 Å². The second-order valence-electron chi connectivity index (χ2n) is 12.2. The number of halogens is 4. The predicted octanol–water partition coefficient (Wildman–Crippen LogP) is 7.31. The molecule has 3 aromatic rings. The first-order valence-corrected chi connectivity index (χ1v) is 15.1. The van der Waals surface area contributed by atoms with Gasteiger partial charge in [0.15, 0.2) is 11.6 Å². The van der Waals surface area contributed by atoms with E-state index in [1.165, 1.54) is 26.8 Å². The van der Waals surface area contributed by atoms with Crippen LogP contribution in [0.5, 0.6) is 0 Å². The average molecular weight is 708 g/mol. The summed E-state index contributed by atoms with van der Waals surface area (Å²) in [5.41, 5.74) is -3.94. The number of piperidine rings is 1. The van der Waals surface area contributed by atoms with E-state index < -0.39 is 51.7 Å². The van der Waals surface area contributed by atoms with Gasteiger partial charge in [0.2, 0.25) is 0 Å². The van der Waals surface area contributed by atoms with Crippen LogP contribution in [0.3, 0.4) is 0 Å². The maximum atomic E-state index is 15.8. The van der Waals surface area contributed by atoms with Gasteiger partial charge in [0.05, 0.1) is 35.6 Å². The Kier molecular flexibility index (Phi) is 8.18. The number of para-hydroxylation sites is 1. The number of carboxylic acid groups (broad SMARTS) is 1. The number of benzene rings is 3. The third-order valence-electron chi connectivity index (χ3n) is 8.75. The molecule has 0 aromatic heterocycles. The van der Waals surface area contributed by atoms with Gasteiger partial charge in [-0.2, -0.15) is 0 Å². The van der Waals surface area contributed by atoms with E-state index in [9.17, 15) is 24.2 Å². The maximum Gasteiger partial charge on any atom is 0.407 e. The molecule has 3 aromatic carbocycles. The molecule has 7 nitrogen and oxygen atoms in total. The Bertz CT molecular complexity index is 1560. The van der Waals surface area contributed by atoms with Crippen molar-refractivity contribution < 1.29 is 33.0 Å². The Labute approximate surface area is 262 Å². The monoisotopic (exact) mass is 707 g/mol. The molecule has 228 valence electrons. The molecule has 2 fully saturated rings. The van der Waals surface area contributed by atoms with E-state index in [2.05, 4.69) is 0 Å². The summed E-state index contributed by atoms with van der Waals surface area (Å²) in [6.07, 6.45) is 0.629. The lowest BCUT2D eigenvalue weighted by Gasteiger charge is -2.66. The van der Waals surface area contributed by atoms with Gasteiger partial charge in [-0.15, -0.1) is 0 Å². The minimum Gasteiger partial charge on any atom is -0.465 e. The molecule has 11 heteroatoms. The smallest absolute Gasteiger partial charge is 0.407 e. The van der Waals surface area contributed by atoms with Crippen molar-refractivity contribution in [1.82, 2.24) is 9.80 Å². The van der Waals surface area contributed by atoms with Crippen molar-refractivity contribution in [2.75, 3.05) is 24.5 Å². The summed E-state index contributed by atoms with van der Waals surface area (Å²) >= 11 is 1.94. The number of carbonyl (C=O) groups excluding carboxylic acids is 1. The number of rotatable bonds is 5. The molecule has 2 heterocycles. The van der Waals surface area contributed by atoms with Gasteiger partial charge < -0.3 is 20.0 Å². The predicted molar refractivity (Wildman–Crippen MR) is 165 cm³/mol. The van der Waals surface area contributed by atoms with Gasteiger partial charge >= 0.3 is 6.09 Å². The number of hydrogen-bond acceptors (Lipinski definition) is 4. The van der Waals surface area contributed by atoms with Crippen molar-refractivity contribution in [3.8, 4) is 0 Å². The molecule has 1 atom stereocenters. The quantitative estimate of drug-likeness (QED) is 0.272. The summed E-state index contributed by atoms with van der Waals surface area (Å²) in [5, 5.41) is 22.1. The minimum atomic E-state index is -1.58. The van der Waals surface area contributed by atoms with Gasteiger partial charge in [-0.3, -0.25) is 9.69 Å². The molecule has 43 heavy (non-hydrogen) atoms. The molecule has 2 amide bonds. The van der Waals surface area contributed by atoms with Gasteiger partial charge in [0.1, 0.15) is 11.4 Å². The second-order valence-corrected chi connectivity index (χ2v) is 13.5.